The molecule has 2 nitrogen and oxygen atoms in total. The Hall–Kier alpha value is -1.51. The fourth-order valence-corrected chi connectivity index (χ4v) is 3.57. The van der Waals surface area contributed by atoms with E-state index in [2.05, 4.69) is 48.5 Å². The van der Waals surface area contributed by atoms with Gasteiger partial charge in [0, 0.05) is 13.1 Å². The van der Waals surface area contributed by atoms with Crippen LogP contribution < -0.4 is 0 Å². The maximum absolute atomic E-state index is 11.8. The van der Waals surface area contributed by atoms with Crippen LogP contribution in [0.4, 0.5) is 0 Å². The zero-order chi connectivity index (χ0) is 16.9. The lowest BCUT2D eigenvalue weighted by Crippen LogP contribution is -2.41. The van der Waals surface area contributed by atoms with Gasteiger partial charge in [0.25, 0.3) is 5.91 Å². The van der Waals surface area contributed by atoms with E-state index in [-0.39, 0.29) is 5.91 Å². The Bertz CT molecular complexity index is 662. The molecule has 0 radical (unpaired) electrons. The fourth-order valence-electron chi connectivity index (χ4n) is 3.29. The van der Waals surface area contributed by atoms with Crippen molar-refractivity contribution in [3.05, 3.63) is 60.2 Å². The zero-order valence-corrected chi connectivity index (χ0v) is 15.0. The van der Waals surface area contributed by atoms with Crippen LogP contribution >= 0.6 is 23.2 Å². The highest BCUT2D eigenvalue weighted by Crippen LogP contribution is 2.25. The second-order valence-corrected chi connectivity index (χ2v) is 7.43. The van der Waals surface area contributed by atoms with Gasteiger partial charge in [-0.25, -0.2) is 0 Å². The summed E-state index contributed by atoms with van der Waals surface area (Å²) >= 11 is 11.3. The molecular formula is C20H21Cl2NO. The summed E-state index contributed by atoms with van der Waals surface area (Å²) in [7, 11) is 0. The first-order chi connectivity index (χ1) is 11.6. The van der Waals surface area contributed by atoms with Crippen LogP contribution in [-0.2, 0) is 11.2 Å². The predicted octanol–water partition coefficient (Wildman–Crippen LogP) is 4.94. The van der Waals surface area contributed by atoms with Crippen LogP contribution in [0.5, 0.6) is 0 Å². The molecule has 0 atom stereocenters. The topological polar surface area (TPSA) is 20.3 Å². The van der Waals surface area contributed by atoms with E-state index in [0.717, 1.165) is 32.4 Å². The minimum Gasteiger partial charge on any atom is -0.340 e. The van der Waals surface area contributed by atoms with E-state index in [4.69, 9.17) is 23.2 Å². The van der Waals surface area contributed by atoms with Gasteiger partial charge in [-0.15, -0.1) is 0 Å². The molecule has 126 valence electrons. The van der Waals surface area contributed by atoms with E-state index in [9.17, 15) is 4.79 Å². The molecule has 0 spiro atoms. The second kappa shape index (κ2) is 8.04. The summed E-state index contributed by atoms with van der Waals surface area (Å²) in [5.74, 6) is 0.449. The maximum Gasteiger partial charge on any atom is 0.255 e. The summed E-state index contributed by atoms with van der Waals surface area (Å²) in [6.07, 6.45) is 3.07. The van der Waals surface area contributed by atoms with Crippen molar-refractivity contribution in [2.45, 2.75) is 24.1 Å². The van der Waals surface area contributed by atoms with Crippen LogP contribution in [0.1, 0.15) is 18.4 Å². The van der Waals surface area contributed by atoms with Gasteiger partial charge in [-0.1, -0.05) is 77.8 Å². The Labute approximate surface area is 153 Å². The number of rotatable bonds is 4. The fraction of sp³-hybridized carbons (Fsp3) is 0.350. The Morgan fingerprint density at radius 1 is 0.958 bits per heavy atom. The van der Waals surface area contributed by atoms with Crippen LogP contribution in [0.15, 0.2) is 54.6 Å². The third-order valence-electron chi connectivity index (χ3n) is 4.70. The highest BCUT2D eigenvalue weighted by atomic mass is 35.5. The monoisotopic (exact) mass is 361 g/mol. The Balaban J connectivity index is 1.55. The van der Waals surface area contributed by atoms with Gasteiger partial charge in [0.15, 0.2) is 4.84 Å². The molecule has 0 bridgehead atoms. The summed E-state index contributed by atoms with van der Waals surface area (Å²) in [4.78, 5) is 12.6. The Kier molecular flexibility index (Phi) is 5.80. The summed E-state index contributed by atoms with van der Waals surface area (Å²) in [6.45, 7) is 1.50. The summed E-state index contributed by atoms with van der Waals surface area (Å²) in [5.41, 5.74) is 3.84. The number of piperidine rings is 1. The summed E-state index contributed by atoms with van der Waals surface area (Å²) < 4.78 is 0. The Morgan fingerprint density at radius 3 is 2.12 bits per heavy atom. The van der Waals surface area contributed by atoms with Gasteiger partial charge < -0.3 is 4.90 Å². The molecule has 1 aliphatic rings. The molecule has 3 rings (SSSR count). The molecule has 1 saturated heterocycles. The van der Waals surface area contributed by atoms with E-state index in [1.807, 2.05) is 6.07 Å². The van der Waals surface area contributed by atoms with Crippen LogP contribution in [0, 0.1) is 5.92 Å². The number of halogens is 2. The van der Waals surface area contributed by atoms with Crippen LogP contribution in [0.3, 0.4) is 0 Å². The third-order valence-corrected chi connectivity index (χ3v) is 5.07. The van der Waals surface area contributed by atoms with Gasteiger partial charge in [0.1, 0.15) is 0 Å². The van der Waals surface area contributed by atoms with Crippen molar-refractivity contribution in [2.75, 3.05) is 13.1 Å². The van der Waals surface area contributed by atoms with Crippen molar-refractivity contribution in [3.63, 3.8) is 0 Å². The smallest absolute Gasteiger partial charge is 0.255 e. The average molecular weight is 362 g/mol. The summed E-state index contributed by atoms with van der Waals surface area (Å²) in [6, 6.07) is 19.2. The van der Waals surface area contributed by atoms with Crippen molar-refractivity contribution in [1.82, 2.24) is 4.90 Å². The van der Waals surface area contributed by atoms with E-state index in [1.165, 1.54) is 16.7 Å². The number of amides is 1. The molecule has 0 N–H and O–H groups in total. The van der Waals surface area contributed by atoms with Crippen molar-refractivity contribution in [1.29, 1.82) is 0 Å². The standard InChI is InChI=1S/C20H21Cl2NO/c21-19(22)20(24)23-12-10-16(11-13-23)14-15-6-8-18(9-7-15)17-4-2-1-3-5-17/h1-9,16,19H,10-14H2. The SMILES string of the molecule is O=C(C(Cl)Cl)N1CCC(Cc2ccc(-c3ccccc3)cc2)CC1. The first-order valence-corrected chi connectivity index (χ1v) is 9.22. The lowest BCUT2D eigenvalue weighted by Gasteiger charge is -2.32. The Morgan fingerprint density at radius 2 is 1.54 bits per heavy atom. The number of carbonyl (C=O) groups is 1. The van der Waals surface area contributed by atoms with Crippen LogP contribution in [0.2, 0.25) is 0 Å². The largest absolute Gasteiger partial charge is 0.340 e. The first kappa shape index (κ1) is 17.3. The molecule has 0 unspecified atom stereocenters. The van der Waals surface area contributed by atoms with E-state index >= 15 is 0 Å². The van der Waals surface area contributed by atoms with Gasteiger partial charge in [-0.2, -0.15) is 0 Å². The molecule has 0 aromatic heterocycles. The van der Waals surface area contributed by atoms with Crippen molar-refractivity contribution in [2.24, 2.45) is 5.92 Å². The molecule has 1 aliphatic heterocycles. The number of hydrogen-bond donors (Lipinski definition) is 0. The minimum absolute atomic E-state index is 0.163. The molecule has 2 aromatic carbocycles. The molecule has 2 aromatic rings. The van der Waals surface area contributed by atoms with Gasteiger partial charge >= 0.3 is 0 Å². The lowest BCUT2D eigenvalue weighted by atomic mass is 9.89. The van der Waals surface area contributed by atoms with E-state index in [1.54, 1.807) is 4.90 Å². The number of alkyl halides is 2. The zero-order valence-electron chi connectivity index (χ0n) is 13.5. The quantitative estimate of drug-likeness (QED) is 0.706. The predicted molar refractivity (Wildman–Crippen MR) is 100 cm³/mol. The summed E-state index contributed by atoms with van der Waals surface area (Å²) in [5, 5.41) is 0. The molecule has 0 saturated carbocycles. The minimum atomic E-state index is -0.938. The molecule has 1 fully saturated rings. The highest BCUT2D eigenvalue weighted by molar-refractivity contribution is 6.53. The van der Waals surface area contributed by atoms with Gasteiger partial charge in [0.2, 0.25) is 0 Å². The second-order valence-electron chi connectivity index (χ2n) is 6.34. The van der Waals surface area contributed by atoms with Crippen LogP contribution in [0.25, 0.3) is 11.1 Å². The molecule has 1 amide bonds. The van der Waals surface area contributed by atoms with E-state index in [0.29, 0.717) is 5.92 Å². The number of benzene rings is 2. The number of hydrogen-bond acceptors (Lipinski definition) is 1. The molecule has 0 aliphatic carbocycles. The first-order valence-electron chi connectivity index (χ1n) is 8.35. The van der Waals surface area contributed by atoms with Gasteiger partial charge in [-0.05, 0) is 41.9 Å². The third kappa shape index (κ3) is 4.31. The number of carbonyl (C=O) groups excluding carboxylic acids is 1. The number of nitrogens with zero attached hydrogens (tertiary/aromatic N) is 1. The van der Waals surface area contributed by atoms with Crippen molar-refractivity contribution >= 4 is 29.1 Å². The maximum atomic E-state index is 11.8. The van der Waals surface area contributed by atoms with Crippen molar-refractivity contribution < 1.29 is 4.79 Å². The van der Waals surface area contributed by atoms with Crippen molar-refractivity contribution in [3.8, 4) is 11.1 Å². The highest BCUT2D eigenvalue weighted by Gasteiger charge is 2.25. The molecular weight excluding hydrogens is 341 g/mol. The molecule has 1 heterocycles. The van der Waals surface area contributed by atoms with Gasteiger partial charge in [-0.3, -0.25) is 4.79 Å². The average Bonchev–Trinajstić information content (AvgIpc) is 2.63. The van der Waals surface area contributed by atoms with Gasteiger partial charge in [0.05, 0.1) is 0 Å². The molecule has 24 heavy (non-hydrogen) atoms. The normalized spacial score (nSPS) is 15.7. The van der Waals surface area contributed by atoms with Crippen LogP contribution in [-0.4, -0.2) is 28.7 Å². The van der Waals surface area contributed by atoms with E-state index < -0.39 is 4.84 Å². The molecule has 4 heteroatoms. The lowest BCUT2D eigenvalue weighted by molar-refractivity contribution is -0.130. The number of likely N-dealkylation sites (tertiary alicyclic amines) is 1.